The minimum Gasteiger partial charge on any atom is -0.423 e. The zero-order valence-corrected chi connectivity index (χ0v) is 10.6. The lowest BCUT2D eigenvalue weighted by Gasteiger charge is -2.03. The Morgan fingerprint density at radius 3 is 2.95 bits per heavy atom. The van der Waals surface area contributed by atoms with E-state index in [0.717, 1.165) is 11.3 Å². The topological polar surface area (TPSA) is 77.0 Å². The summed E-state index contributed by atoms with van der Waals surface area (Å²) in [4.78, 5) is 8.63. The Hall–Kier alpha value is -2.56. The molecule has 3 rings (SSSR count). The molecule has 0 atom stereocenters. The summed E-state index contributed by atoms with van der Waals surface area (Å²) in [6, 6.07) is 9.88. The summed E-state index contributed by atoms with van der Waals surface area (Å²) >= 11 is 0. The third-order valence-corrected chi connectivity index (χ3v) is 2.98. The quantitative estimate of drug-likeness (QED) is 0.703. The number of aromatic nitrogens is 2. The summed E-state index contributed by atoms with van der Waals surface area (Å²) < 4.78 is 5.58. The summed E-state index contributed by atoms with van der Waals surface area (Å²) in [7, 11) is 0. The molecule has 0 saturated carbocycles. The number of nitrogens with one attached hydrogen (secondary N) is 1. The Kier molecular flexibility index (Phi) is 2.79. The Labute approximate surface area is 110 Å². The first-order valence-corrected chi connectivity index (χ1v) is 6.03. The van der Waals surface area contributed by atoms with Crippen LogP contribution < -0.4 is 11.1 Å². The summed E-state index contributed by atoms with van der Waals surface area (Å²) in [5.74, 6) is 0. The van der Waals surface area contributed by atoms with Gasteiger partial charge in [-0.1, -0.05) is 12.1 Å². The van der Waals surface area contributed by atoms with E-state index < -0.39 is 0 Å². The van der Waals surface area contributed by atoms with Crippen LogP contribution in [0.15, 0.2) is 40.9 Å². The lowest BCUT2D eigenvalue weighted by Crippen LogP contribution is -2.03. The van der Waals surface area contributed by atoms with Crippen LogP contribution in [0.3, 0.4) is 0 Å². The highest BCUT2D eigenvalue weighted by atomic mass is 16.4. The third-order valence-electron chi connectivity index (χ3n) is 2.98. The molecular formula is C14H14N4O. The molecule has 5 heteroatoms. The van der Waals surface area contributed by atoms with Crippen LogP contribution >= 0.6 is 0 Å². The van der Waals surface area contributed by atoms with Gasteiger partial charge < -0.3 is 15.5 Å². The minimum absolute atomic E-state index is 0.456. The van der Waals surface area contributed by atoms with Crippen LogP contribution in [0.25, 0.3) is 11.1 Å². The lowest BCUT2D eigenvalue weighted by atomic mass is 10.2. The van der Waals surface area contributed by atoms with E-state index in [9.17, 15) is 0 Å². The van der Waals surface area contributed by atoms with Crippen molar-refractivity contribution >= 4 is 22.8 Å². The number of oxazole rings is 1. The number of benzene rings is 1. The van der Waals surface area contributed by atoms with Gasteiger partial charge in [0.2, 0.25) is 0 Å². The lowest BCUT2D eigenvalue weighted by molar-refractivity contribution is 0.613. The second-order valence-electron chi connectivity index (χ2n) is 4.33. The number of fused-ring (bicyclic) bond motifs is 1. The van der Waals surface area contributed by atoms with Crippen molar-refractivity contribution in [1.29, 1.82) is 0 Å². The van der Waals surface area contributed by atoms with Crippen molar-refractivity contribution in [2.24, 2.45) is 0 Å². The molecule has 0 fully saturated rings. The van der Waals surface area contributed by atoms with E-state index in [1.54, 1.807) is 12.3 Å². The smallest absolute Gasteiger partial charge is 0.296 e. The fraction of sp³-hybridized carbons (Fsp3) is 0.143. The molecule has 0 amide bonds. The van der Waals surface area contributed by atoms with Gasteiger partial charge >= 0.3 is 0 Å². The third kappa shape index (κ3) is 2.22. The van der Waals surface area contributed by atoms with E-state index in [0.29, 0.717) is 29.3 Å². The number of nitrogens with two attached hydrogens (primary N) is 1. The largest absolute Gasteiger partial charge is 0.423 e. The highest BCUT2D eigenvalue weighted by Crippen LogP contribution is 2.23. The van der Waals surface area contributed by atoms with Gasteiger partial charge in [-0.15, -0.1) is 0 Å². The van der Waals surface area contributed by atoms with Gasteiger partial charge in [-0.25, -0.2) is 0 Å². The Bertz CT molecular complexity index is 720. The first kappa shape index (κ1) is 11.5. The SMILES string of the molecule is Cc1cccnc1CNc1nc2c(N)cccc2o1. The van der Waals surface area contributed by atoms with Crippen molar-refractivity contribution in [3.63, 3.8) is 0 Å². The number of nitrogens with zero attached hydrogens (tertiary/aromatic N) is 2. The molecular weight excluding hydrogens is 240 g/mol. The molecule has 19 heavy (non-hydrogen) atoms. The molecule has 0 spiro atoms. The van der Waals surface area contributed by atoms with Crippen molar-refractivity contribution < 1.29 is 4.42 Å². The predicted octanol–water partition coefficient (Wildman–Crippen LogP) is 2.73. The molecule has 0 aliphatic rings. The summed E-state index contributed by atoms with van der Waals surface area (Å²) in [6.07, 6.45) is 1.77. The van der Waals surface area contributed by atoms with Gasteiger partial charge in [-0.05, 0) is 30.7 Å². The standard InChI is InChI=1S/C14H14N4O/c1-9-4-3-7-16-11(9)8-17-14-18-13-10(15)5-2-6-12(13)19-14/h2-7H,8,15H2,1H3,(H,17,18). The van der Waals surface area contributed by atoms with Crippen molar-refractivity contribution in [1.82, 2.24) is 9.97 Å². The number of rotatable bonds is 3. The second-order valence-corrected chi connectivity index (χ2v) is 4.33. The average Bonchev–Trinajstić information content (AvgIpc) is 2.82. The highest BCUT2D eigenvalue weighted by Gasteiger charge is 2.08. The number of hydrogen-bond donors (Lipinski definition) is 2. The number of pyridine rings is 1. The number of aryl methyl sites for hydroxylation is 1. The van der Waals surface area contributed by atoms with Crippen LogP contribution in [-0.4, -0.2) is 9.97 Å². The maximum atomic E-state index is 5.84. The number of nitrogen functional groups attached to an aromatic ring is 1. The molecule has 0 aliphatic carbocycles. The predicted molar refractivity (Wildman–Crippen MR) is 74.7 cm³/mol. The molecule has 96 valence electrons. The van der Waals surface area contributed by atoms with Gasteiger partial charge in [0.1, 0.15) is 5.52 Å². The molecule has 3 N–H and O–H groups in total. The van der Waals surface area contributed by atoms with Gasteiger partial charge in [0.05, 0.1) is 17.9 Å². The van der Waals surface area contributed by atoms with E-state index in [2.05, 4.69) is 15.3 Å². The average molecular weight is 254 g/mol. The van der Waals surface area contributed by atoms with Gasteiger partial charge in [-0.3, -0.25) is 4.98 Å². The fourth-order valence-corrected chi connectivity index (χ4v) is 1.91. The van der Waals surface area contributed by atoms with Crippen LogP contribution in [0.4, 0.5) is 11.7 Å². The van der Waals surface area contributed by atoms with Crippen LogP contribution in [0.5, 0.6) is 0 Å². The molecule has 0 aliphatic heterocycles. The first-order valence-electron chi connectivity index (χ1n) is 6.03. The highest BCUT2D eigenvalue weighted by molar-refractivity contribution is 5.86. The van der Waals surface area contributed by atoms with Crippen LogP contribution in [0, 0.1) is 6.92 Å². The summed E-state index contributed by atoms with van der Waals surface area (Å²) in [6.45, 7) is 2.59. The zero-order valence-electron chi connectivity index (χ0n) is 10.6. The number of anilines is 2. The summed E-state index contributed by atoms with van der Waals surface area (Å²) in [5.41, 5.74) is 9.92. The summed E-state index contributed by atoms with van der Waals surface area (Å²) in [5, 5.41) is 3.12. The Morgan fingerprint density at radius 2 is 2.16 bits per heavy atom. The second kappa shape index (κ2) is 4.61. The molecule has 2 heterocycles. The zero-order chi connectivity index (χ0) is 13.2. The molecule has 3 aromatic rings. The van der Waals surface area contributed by atoms with Crippen molar-refractivity contribution in [3.8, 4) is 0 Å². The van der Waals surface area contributed by atoms with E-state index in [1.165, 1.54) is 0 Å². The van der Waals surface area contributed by atoms with Crippen LogP contribution in [0.2, 0.25) is 0 Å². The monoisotopic (exact) mass is 254 g/mol. The van der Waals surface area contributed by atoms with Gasteiger partial charge in [-0.2, -0.15) is 4.98 Å². The molecule has 5 nitrogen and oxygen atoms in total. The molecule has 0 bridgehead atoms. The Morgan fingerprint density at radius 1 is 1.26 bits per heavy atom. The van der Waals surface area contributed by atoms with Gasteiger partial charge in [0.15, 0.2) is 5.58 Å². The Balaban J connectivity index is 1.83. The number of para-hydroxylation sites is 1. The molecule has 1 aromatic carbocycles. The fourth-order valence-electron chi connectivity index (χ4n) is 1.91. The minimum atomic E-state index is 0.456. The number of hydrogen-bond acceptors (Lipinski definition) is 5. The maximum Gasteiger partial charge on any atom is 0.296 e. The van der Waals surface area contributed by atoms with Crippen LogP contribution in [-0.2, 0) is 6.54 Å². The van der Waals surface area contributed by atoms with Crippen LogP contribution in [0.1, 0.15) is 11.3 Å². The normalized spacial score (nSPS) is 10.8. The van der Waals surface area contributed by atoms with Crippen molar-refractivity contribution in [3.05, 3.63) is 47.8 Å². The van der Waals surface area contributed by atoms with E-state index >= 15 is 0 Å². The van der Waals surface area contributed by atoms with Gasteiger partial charge in [0.25, 0.3) is 6.01 Å². The van der Waals surface area contributed by atoms with E-state index in [-0.39, 0.29) is 0 Å². The molecule has 0 radical (unpaired) electrons. The molecule has 0 saturated heterocycles. The van der Waals surface area contributed by atoms with Crippen molar-refractivity contribution in [2.75, 3.05) is 11.1 Å². The molecule has 2 aromatic heterocycles. The van der Waals surface area contributed by atoms with Crippen molar-refractivity contribution in [2.45, 2.75) is 13.5 Å². The van der Waals surface area contributed by atoms with E-state index in [1.807, 2.05) is 31.2 Å². The molecule has 0 unspecified atom stereocenters. The van der Waals surface area contributed by atoms with Gasteiger partial charge in [0, 0.05) is 6.20 Å². The van der Waals surface area contributed by atoms with E-state index in [4.69, 9.17) is 10.2 Å². The maximum absolute atomic E-state index is 5.84. The first-order chi connectivity index (χ1) is 9.24.